The zero-order valence-corrected chi connectivity index (χ0v) is 35.5. The number of rotatable bonds is 14. The number of nitrogens with one attached hydrogen (secondary N) is 4. The van der Waals surface area contributed by atoms with Gasteiger partial charge in [0.15, 0.2) is 0 Å². The van der Waals surface area contributed by atoms with Crippen LogP contribution in [0.3, 0.4) is 0 Å². The maximum Gasteiger partial charge on any atom is 0.411 e. The van der Waals surface area contributed by atoms with Gasteiger partial charge in [0.25, 0.3) is 0 Å². The number of primary amides is 1. The van der Waals surface area contributed by atoms with Crippen LogP contribution in [0.1, 0.15) is 99.5 Å². The molecule has 19 heteroatoms. The molecule has 2 aromatic rings. The van der Waals surface area contributed by atoms with Crippen molar-refractivity contribution in [2.24, 2.45) is 17.6 Å². The molecule has 1 saturated heterocycles. The molecular weight excluding hydrogens is 761 g/mol. The Labute approximate surface area is 335 Å². The number of H-pyrrole nitrogens is 1. The predicted molar refractivity (Wildman–Crippen MR) is 217 cm³/mol. The summed E-state index contributed by atoms with van der Waals surface area (Å²) in [5.41, 5.74) is 6.31. The second-order valence-corrected chi connectivity index (χ2v) is 17.0. The Morgan fingerprint density at radius 2 is 1.77 bits per heavy atom. The molecule has 1 aliphatic carbocycles. The number of hydrogen-bond donors (Lipinski definition) is 5. The lowest BCUT2D eigenvalue weighted by atomic mass is 10.2. The highest BCUT2D eigenvalue weighted by Gasteiger charge is 2.42. The van der Waals surface area contributed by atoms with E-state index in [2.05, 4.69) is 33.3 Å². The molecule has 0 bridgehead atoms. The number of nitrogens with two attached hydrogens (primary N) is 1. The predicted octanol–water partition coefficient (Wildman–Crippen LogP) is 4.15. The van der Waals surface area contributed by atoms with Crippen LogP contribution in [0, 0.1) is 11.8 Å². The standard InChI is InChI=1S/C13H17N3O3.C13H24N2O3S.C12H21N3O4/c1-4-19-13(18)14-9-6-5-7-10-11(9)15-12(17)16(10)8(2)3;1-4-5-6-7-8-9-11-10-12(11)13(16)14-19(17,18)15(2)3;1-12(2,3)19-11(18)14-7-9(16)15-6-4-5-8(15)10(13)17/h5-8H,4H2,1-3H3,(H,14,18)(H,15,17);8-9,11-12H,4-7,10H2,1-3H3,(H,14,16);8H,4-7H2,1-3H3,(H2,13,17)(H,14,18)/b;9-8-;. The molecule has 1 saturated carbocycles. The van der Waals surface area contributed by atoms with E-state index in [1.807, 2.05) is 26.0 Å². The van der Waals surface area contributed by atoms with Gasteiger partial charge in [-0.1, -0.05) is 38.0 Å². The molecule has 0 spiro atoms. The smallest absolute Gasteiger partial charge is 0.411 e. The van der Waals surface area contributed by atoms with Crippen molar-refractivity contribution < 1.29 is 41.9 Å². The Balaban J connectivity index is 0.000000295. The topological polar surface area (TPSA) is 244 Å². The molecule has 6 N–H and O–H groups in total. The van der Waals surface area contributed by atoms with Gasteiger partial charge in [-0.3, -0.25) is 24.3 Å². The van der Waals surface area contributed by atoms with Crippen molar-refractivity contribution in [3.8, 4) is 0 Å². The van der Waals surface area contributed by atoms with E-state index in [1.165, 1.54) is 38.3 Å². The van der Waals surface area contributed by atoms with Gasteiger partial charge < -0.3 is 30.4 Å². The molecule has 57 heavy (non-hydrogen) atoms. The number of allylic oxidation sites excluding steroid dienone is 2. The number of fused-ring (bicyclic) bond motifs is 1. The Hall–Kier alpha value is -4.91. The first-order valence-corrected chi connectivity index (χ1v) is 20.7. The number of carbonyl (C=O) groups excluding carboxylic acids is 5. The fraction of sp³-hybridized carbons (Fsp3) is 0.632. The fourth-order valence-electron chi connectivity index (χ4n) is 5.77. The summed E-state index contributed by atoms with van der Waals surface area (Å²) in [4.78, 5) is 73.7. The maximum atomic E-state index is 11.9. The highest BCUT2D eigenvalue weighted by Crippen LogP contribution is 2.40. The number of aromatic nitrogens is 2. The summed E-state index contributed by atoms with van der Waals surface area (Å²) in [6.07, 6.45) is 9.66. The first kappa shape index (κ1) is 48.2. The minimum atomic E-state index is -3.65. The second-order valence-electron chi connectivity index (χ2n) is 15.1. The third-order valence-electron chi connectivity index (χ3n) is 8.71. The van der Waals surface area contributed by atoms with Crippen LogP contribution >= 0.6 is 0 Å². The molecule has 0 radical (unpaired) electrons. The number of unbranched alkanes of at least 4 members (excludes halogenated alkanes) is 3. The van der Waals surface area contributed by atoms with E-state index < -0.39 is 45.9 Å². The van der Waals surface area contributed by atoms with Crippen molar-refractivity contribution in [1.29, 1.82) is 0 Å². The van der Waals surface area contributed by atoms with Crippen LogP contribution in [0.5, 0.6) is 0 Å². The summed E-state index contributed by atoms with van der Waals surface area (Å²) in [5.74, 6) is -1.21. The lowest BCUT2D eigenvalue weighted by Gasteiger charge is -2.23. The molecule has 1 aliphatic heterocycles. The van der Waals surface area contributed by atoms with Gasteiger partial charge in [-0.15, -0.1) is 0 Å². The number of aromatic amines is 1. The lowest BCUT2D eigenvalue weighted by molar-refractivity contribution is -0.136. The van der Waals surface area contributed by atoms with E-state index in [1.54, 1.807) is 44.4 Å². The third-order valence-corrected chi connectivity index (χ3v) is 10.1. The van der Waals surface area contributed by atoms with Gasteiger partial charge in [0.05, 0.1) is 23.3 Å². The minimum absolute atomic E-state index is 0.0408. The van der Waals surface area contributed by atoms with E-state index in [0.29, 0.717) is 30.8 Å². The zero-order chi connectivity index (χ0) is 43.1. The Morgan fingerprint density at radius 1 is 1.09 bits per heavy atom. The van der Waals surface area contributed by atoms with Gasteiger partial charge >= 0.3 is 28.1 Å². The summed E-state index contributed by atoms with van der Waals surface area (Å²) in [5, 5.41) is 4.99. The SMILES string of the molecule is CC(C)(C)OC(=O)NCC(=O)N1CCCC1C(N)=O.CCCCC/C=C\C1CC1C(=O)NS(=O)(=O)N(C)C.CCOC(=O)Nc1cccc2c1[nH]c(=O)n2C(C)C. The van der Waals surface area contributed by atoms with Crippen molar-refractivity contribution in [1.82, 2.24) is 28.8 Å². The van der Waals surface area contributed by atoms with Gasteiger partial charge in [-0.2, -0.15) is 12.7 Å². The summed E-state index contributed by atoms with van der Waals surface area (Å²) < 4.78 is 37.5. The molecule has 5 amide bonds. The summed E-state index contributed by atoms with van der Waals surface area (Å²) in [6.45, 7) is 13.5. The van der Waals surface area contributed by atoms with E-state index in [4.69, 9.17) is 15.2 Å². The number of carbonyl (C=O) groups is 5. The van der Waals surface area contributed by atoms with E-state index >= 15 is 0 Å². The van der Waals surface area contributed by atoms with Crippen LogP contribution in [-0.4, -0.2) is 103 Å². The molecule has 1 aromatic carbocycles. The molecule has 320 valence electrons. The number of benzene rings is 1. The van der Waals surface area contributed by atoms with Crippen LogP contribution < -0.4 is 26.8 Å². The highest BCUT2D eigenvalue weighted by molar-refractivity contribution is 7.87. The van der Waals surface area contributed by atoms with Crippen LogP contribution in [0.25, 0.3) is 11.0 Å². The first-order valence-electron chi connectivity index (χ1n) is 19.3. The van der Waals surface area contributed by atoms with E-state index in [-0.39, 0.29) is 36.0 Å². The van der Waals surface area contributed by atoms with Crippen molar-refractivity contribution >= 4 is 56.8 Å². The number of para-hydroxylation sites is 1. The normalized spacial score (nSPS) is 17.7. The van der Waals surface area contributed by atoms with Gasteiger partial charge in [-0.05, 0) is 91.7 Å². The number of alkyl carbamates (subject to hydrolysis) is 1. The Kier molecular flexibility index (Phi) is 18.7. The van der Waals surface area contributed by atoms with Crippen LogP contribution in [0.15, 0.2) is 35.1 Å². The monoisotopic (exact) mass is 822 g/mol. The summed E-state index contributed by atoms with van der Waals surface area (Å²) in [7, 11) is -0.856. The first-order chi connectivity index (χ1) is 26.6. The van der Waals surface area contributed by atoms with Crippen molar-refractivity contribution in [3.05, 3.63) is 40.8 Å². The Bertz CT molecular complexity index is 1880. The summed E-state index contributed by atoms with van der Waals surface area (Å²) in [6, 6.07) is 4.83. The minimum Gasteiger partial charge on any atom is -0.450 e. The van der Waals surface area contributed by atoms with Crippen molar-refractivity contribution in [3.63, 3.8) is 0 Å². The largest absolute Gasteiger partial charge is 0.450 e. The molecule has 18 nitrogen and oxygen atoms in total. The molecule has 2 aliphatic rings. The van der Waals surface area contributed by atoms with Crippen LogP contribution in [0.4, 0.5) is 15.3 Å². The van der Waals surface area contributed by atoms with Crippen LogP contribution in [-0.2, 0) is 34.1 Å². The molecule has 3 atom stereocenters. The average Bonchev–Trinajstić information content (AvgIpc) is 3.54. The quantitative estimate of drug-likeness (QED) is 0.135. The van der Waals surface area contributed by atoms with E-state index in [9.17, 15) is 37.2 Å². The maximum absolute atomic E-state index is 11.9. The number of ether oxygens (including phenoxy) is 2. The molecule has 3 unspecified atom stereocenters. The van der Waals surface area contributed by atoms with Gasteiger partial charge in [0.2, 0.25) is 17.7 Å². The van der Waals surface area contributed by atoms with Crippen molar-refractivity contribution in [2.75, 3.05) is 39.1 Å². The van der Waals surface area contributed by atoms with Crippen LogP contribution in [0.2, 0.25) is 0 Å². The zero-order valence-electron chi connectivity index (χ0n) is 34.7. The number of hydrogen-bond acceptors (Lipinski definition) is 10. The van der Waals surface area contributed by atoms with E-state index in [0.717, 1.165) is 29.1 Å². The molecule has 1 aromatic heterocycles. The number of amides is 5. The number of anilines is 1. The van der Waals surface area contributed by atoms with Gasteiger partial charge in [-0.25, -0.2) is 19.1 Å². The Morgan fingerprint density at radius 3 is 2.35 bits per heavy atom. The van der Waals surface area contributed by atoms with Crippen molar-refractivity contribution in [2.45, 2.75) is 111 Å². The number of nitrogens with zero attached hydrogens (tertiary/aromatic N) is 3. The third kappa shape index (κ3) is 15.9. The average molecular weight is 823 g/mol. The van der Waals surface area contributed by atoms with Gasteiger partial charge in [0, 0.05) is 32.6 Å². The lowest BCUT2D eigenvalue weighted by Crippen LogP contribution is -2.48. The van der Waals surface area contributed by atoms with Gasteiger partial charge in [0.1, 0.15) is 18.2 Å². The molecule has 2 fully saturated rings. The highest BCUT2D eigenvalue weighted by atomic mass is 32.2. The summed E-state index contributed by atoms with van der Waals surface area (Å²) >= 11 is 0. The number of imidazole rings is 1. The molecule has 2 heterocycles. The molecule has 4 rings (SSSR count). The second kappa shape index (κ2) is 22.1. The molecular formula is C38H62N8O10S. The number of likely N-dealkylation sites (tertiary alicyclic amines) is 1. The fourth-order valence-corrected chi connectivity index (χ4v) is 6.36.